The van der Waals surface area contributed by atoms with Crippen LogP contribution in [0.2, 0.25) is 0 Å². The first kappa shape index (κ1) is 12.7. The van der Waals surface area contributed by atoms with Crippen LogP contribution in [0.4, 0.5) is 4.39 Å². The van der Waals surface area contributed by atoms with E-state index in [1.54, 1.807) is 17.7 Å². The van der Waals surface area contributed by atoms with E-state index in [9.17, 15) is 4.39 Å². The van der Waals surface area contributed by atoms with Gasteiger partial charge in [-0.1, -0.05) is 48.5 Å². The third-order valence-electron chi connectivity index (χ3n) is 4.82. The molecule has 1 nitrogen and oxygen atoms in total. The number of aromatic nitrogens is 1. The lowest BCUT2D eigenvalue weighted by Crippen LogP contribution is -1.91. The molecule has 23 heavy (non-hydrogen) atoms. The summed E-state index contributed by atoms with van der Waals surface area (Å²) in [5.41, 5.74) is 0.954. The molecule has 0 spiro atoms. The predicted molar refractivity (Wildman–Crippen MR) is 95.4 cm³/mol. The van der Waals surface area contributed by atoms with Gasteiger partial charge in [0.25, 0.3) is 0 Å². The topological polar surface area (TPSA) is 4.93 Å². The van der Waals surface area contributed by atoms with Crippen molar-refractivity contribution in [3.05, 3.63) is 72.7 Å². The van der Waals surface area contributed by atoms with Crippen LogP contribution in [0.1, 0.15) is 0 Å². The summed E-state index contributed by atoms with van der Waals surface area (Å²) in [6.45, 7) is 0. The minimum absolute atomic E-state index is 0.203. The summed E-state index contributed by atoms with van der Waals surface area (Å²) in [5.74, 6) is -0.203. The van der Waals surface area contributed by atoms with E-state index in [0.29, 0.717) is 0 Å². The van der Waals surface area contributed by atoms with Gasteiger partial charge in [-0.25, -0.2) is 0 Å². The summed E-state index contributed by atoms with van der Waals surface area (Å²) < 4.78 is 15.6. The zero-order valence-corrected chi connectivity index (χ0v) is 12.7. The van der Waals surface area contributed by atoms with Crippen molar-refractivity contribution in [2.24, 2.45) is 7.05 Å². The van der Waals surface area contributed by atoms with Gasteiger partial charge in [-0.15, -0.1) is 0 Å². The van der Waals surface area contributed by atoms with Crippen LogP contribution >= 0.6 is 0 Å². The van der Waals surface area contributed by atoms with E-state index in [-0.39, 0.29) is 5.95 Å². The molecule has 5 rings (SSSR count). The van der Waals surface area contributed by atoms with E-state index in [1.807, 2.05) is 6.07 Å². The van der Waals surface area contributed by atoms with Crippen LogP contribution in [0.15, 0.2) is 66.7 Å². The van der Waals surface area contributed by atoms with Crippen molar-refractivity contribution in [2.75, 3.05) is 0 Å². The van der Waals surface area contributed by atoms with Crippen molar-refractivity contribution in [3.63, 3.8) is 0 Å². The number of hydrogen-bond acceptors (Lipinski definition) is 0. The number of halogens is 1. The van der Waals surface area contributed by atoms with Crippen LogP contribution in [-0.4, -0.2) is 4.57 Å². The predicted octanol–water partition coefficient (Wildman–Crippen LogP) is 5.78. The molecule has 0 unspecified atom stereocenters. The highest BCUT2D eigenvalue weighted by Crippen LogP contribution is 2.34. The molecule has 1 aromatic heterocycles. The second kappa shape index (κ2) is 4.32. The molecule has 110 valence electrons. The number of nitrogens with zero attached hydrogens (tertiary/aromatic N) is 1. The minimum Gasteiger partial charge on any atom is -0.320 e. The lowest BCUT2D eigenvalue weighted by Gasteiger charge is -2.08. The van der Waals surface area contributed by atoms with Crippen LogP contribution in [0.3, 0.4) is 0 Å². The Bertz CT molecular complexity index is 1230. The number of rotatable bonds is 0. The molecule has 0 fully saturated rings. The Morgan fingerprint density at radius 3 is 2.17 bits per heavy atom. The third-order valence-corrected chi connectivity index (χ3v) is 4.82. The molecule has 0 N–H and O–H groups in total. The Morgan fingerprint density at radius 2 is 1.35 bits per heavy atom. The maximum Gasteiger partial charge on any atom is 0.194 e. The summed E-state index contributed by atoms with van der Waals surface area (Å²) in [6, 6.07) is 22.8. The molecule has 4 aromatic carbocycles. The lowest BCUT2D eigenvalue weighted by molar-refractivity contribution is 0.543. The molecule has 1 heterocycles. The summed E-state index contributed by atoms with van der Waals surface area (Å²) in [7, 11) is 1.78. The minimum atomic E-state index is -0.203. The Labute approximate surface area is 132 Å². The van der Waals surface area contributed by atoms with Crippen molar-refractivity contribution in [1.82, 2.24) is 4.57 Å². The Hall–Kier alpha value is -2.87. The SMILES string of the molecule is Cn1c(F)cc2ccc3c4cc5ccccc5cc4ccc3c21. The van der Waals surface area contributed by atoms with Gasteiger partial charge in [-0.2, -0.15) is 4.39 Å². The third kappa shape index (κ3) is 1.66. The van der Waals surface area contributed by atoms with Gasteiger partial charge in [-0.3, -0.25) is 0 Å². The van der Waals surface area contributed by atoms with E-state index < -0.39 is 0 Å². The van der Waals surface area contributed by atoms with Crippen molar-refractivity contribution in [2.45, 2.75) is 0 Å². The standard InChI is InChI=1S/C21H14FN/c1-23-20(22)12-16-7-8-17-18(21(16)23)9-6-15-10-13-4-2-3-5-14(13)11-19(15)17/h2-12H,1H3. The number of fused-ring (bicyclic) bond motifs is 6. The van der Waals surface area contributed by atoms with Crippen molar-refractivity contribution in [3.8, 4) is 0 Å². The van der Waals surface area contributed by atoms with Crippen LogP contribution in [0.25, 0.3) is 43.2 Å². The van der Waals surface area contributed by atoms with Crippen LogP contribution in [0, 0.1) is 5.95 Å². The average molecular weight is 299 g/mol. The lowest BCUT2D eigenvalue weighted by atomic mass is 9.97. The second-order valence-corrected chi connectivity index (χ2v) is 6.11. The monoisotopic (exact) mass is 299 g/mol. The fourth-order valence-electron chi connectivity index (χ4n) is 3.65. The zero-order valence-electron chi connectivity index (χ0n) is 12.7. The Balaban J connectivity index is 2.02. The Morgan fingerprint density at radius 1 is 0.652 bits per heavy atom. The van der Waals surface area contributed by atoms with E-state index >= 15 is 0 Å². The molecular formula is C21H14FN. The first-order chi connectivity index (χ1) is 11.2. The molecule has 0 aliphatic heterocycles. The van der Waals surface area contributed by atoms with Gasteiger partial charge in [0.15, 0.2) is 5.95 Å². The van der Waals surface area contributed by atoms with E-state index in [0.717, 1.165) is 16.3 Å². The van der Waals surface area contributed by atoms with Gasteiger partial charge in [-0.05, 0) is 39.1 Å². The molecule has 0 radical (unpaired) electrons. The van der Waals surface area contributed by atoms with Crippen LogP contribution in [0.5, 0.6) is 0 Å². The van der Waals surface area contributed by atoms with Gasteiger partial charge in [0.1, 0.15) is 0 Å². The molecule has 0 bridgehead atoms. The van der Waals surface area contributed by atoms with Gasteiger partial charge in [0.2, 0.25) is 0 Å². The first-order valence-corrected chi connectivity index (χ1v) is 7.71. The van der Waals surface area contributed by atoms with Gasteiger partial charge >= 0.3 is 0 Å². The molecule has 0 saturated heterocycles. The van der Waals surface area contributed by atoms with Crippen molar-refractivity contribution >= 4 is 43.2 Å². The van der Waals surface area contributed by atoms with Gasteiger partial charge < -0.3 is 4.57 Å². The quantitative estimate of drug-likeness (QED) is 0.252. The molecule has 2 heteroatoms. The van der Waals surface area contributed by atoms with E-state index in [1.165, 1.54) is 26.9 Å². The second-order valence-electron chi connectivity index (χ2n) is 6.11. The summed E-state index contributed by atoms with van der Waals surface area (Å²) in [6.07, 6.45) is 0. The smallest absolute Gasteiger partial charge is 0.194 e. The van der Waals surface area contributed by atoms with Crippen molar-refractivity contribution < 1.29 is 4.39 Å². The fraction of sp³-hybridized carbons (Fsp3) is 0.0476. The zero-order chi connectivity index (χ0) is 15.6. The fourth-order valence-corrected chi connectivity index (χ4v) is 3.65. The molecule has 5 aromatic rings. The summed E-state index contributed by atoms with van der Waals surface area (Å²) >= 11 is 0. The highest BCUT2D eigenvalue weighted by molar-refractivity contribution is 6.18. The van der Waals surface area contributed by atoms with E-state index in [2.05, 4.69) is 54.6 Å². The number of aryl methyl sites for hydroxylation is 1. The molecule has 0 atom stereocenters. The van der Waals surface area contributed by atoms with Gasteiger partial charge in [0, 0.05) is 23.9 Å². The van der Waals surface area contributed by atoms with Crippen molar-refractivity contribution in [1.29, 1.82) is 0 Å². The number of benzene rings is 4. The highest BCUT2D eigenvalue weighted by Gasteiger charge is 2.11. The molecule has 0 aliphatic carbocycles. The molecule has 0 amide bonds. The van der Waals surface area contributed by atoms with Crippen LogP contribution < -0.4 is 0 Å². The molecule has 0 saturated carbocycles. The molecular weight excluding hydrogens is 285 g/mol. The maximum absolute atomic E-state index is 13.9. The maximum atomic E-state index is 13.9. The van der Waals surface area contributed by atoms with E-state index in [4.69, 9.17) is 0 Å². The summed E-state index contributed by atoms with van der Waals surface area (Å²) in [4.78, 5) is 0. The molecule has 0 aliphatic rings. The Kier molecular flexibility index (Phi) is 2.38. The largest absolute Gasteiger partial charge is 0.320 e. The van der Waals surface area contributed by atoms with Gasteiger partial charge in [0.05, 0.1) is 5.52 Å². The number of hydrogen-bond donors (Lipinski definition) is 0. The normalized spacial score (nSPS) is 11.9. The highest BCUT2D eigenvalue weighted by atomic mass is 19.1. The first-order valence-electron chi connectivity index (χ1n) is 7.71. The average Bonchev–Trinajstić information content (AvgIpc) is 2.87. The van der Waals surface area contributed by atoms with Crippen LogP contribution in [-0.2, 0) is 7.05 Å². The summed E-state index contributed by atoms with van der Waals surface area (Å²) in [5, 5.41) is 8.10.